The lowest BCUT2D eigenvalue weighted by Crippen LogP contribution is -2.39. The lowest BCUT2D eigenvalue weighted by atomic mass is 10.0. The van der Waals surface area contributed by atoms with Gasteiger partial charge in [-0.3, -0.25) is 4.79 Å². The van der Waals surface area contributed by atoms with Crippen molar-refractivity contribution in [3.63, 3.8) is 0 Å². The smallest absolute Gasteiger partial charge is 0.267 e. The van der Waals surface area contributed by atoms with Gasteiger partial charge in [0.05, 0.1) is 21.3 Å². The van der Waals surface area contributed by atoms with Crippen LogP contribution in [0.15, 0.2) is 76.7 Å². The second-order valence-corrected chi connectivity index (χ2v) is 12.1. The van der Waals surface area contributed by atoms with E-state index in [1.165, 1.54) is 77.2 Å². The fourth-order valence-electron chi connectivity index (χ4n) is 4.24. The number of hydrazone groups is 1. The topological polar surface area (TPSA) is 82.9 Å². The molecule has 5 rings (SSSR count). The zero-order valence-corrected chi connectivity index (χ0v) is 22.1. The molecular formula is C27H24F2N4O3S2. The molecule has 3 aromatic carbocycles. The summed E-state index contributed by atoms with van der Waals surface area (Å²) in [5, 5.41) is 5.58. The normalized spacial score (nSPS) is 16.8. The van der Waals surface area contributed by atoms with Gasteiger partial charge in [0.15, 0.2) is 0 Å². The number of nitrogens with zero attached hydrogens (tertiary/aromatic N) is 4. The van der Waals surface area contributed by atoms with E-state index in [1.807, 2.05) is 6.92 Å². The Bertz CT molecular complexity index is 1600. The summed E-state index contributed by atoms with van der Waals surface area (Å²) < 4.78 is 55.3. The van der Waals surface area contributed by atoms with Gasteiger partial charge >= 0.3 is 0 Å². The third kappa shape index (κ3) is 5.50. The minimum atomic E-state index is -3.68. The molecule has 0 bridgehead atoms. The average Bonchev–Trinajstić information content (AvgIpc) is 3.32. The summed E-state index contributed by atoms with van der Waals surface area (Å²) in [6, 6.07) is 15.4. The number of hydrogen-bond acceptors (Lipinski definition) is 6. The lowest BCUT2D eigenvalue weighted by Gasteiger charge is -2.30. The van der Waals surface area contributed by atoms with Crippen LogP contribution < -0.4 is 5.01 Å². The first kappa shape index (κ1) is 26.1. The second-order valence-electron chi connectivity index (χ2n) is 9.16. The van der Waals surface area contributed by atoms with Crippen LogP contribution >= 0.6 is 11.3 Å². The predicted molar refractivity (Wildman–Crippen MR) is 144 cm³/mol. The highest BCUT2D eigenvalue weighted by molar-refractivity contribution is 7.89. The van der Waals surface area contributed by atoms with Crippen LogP contribution in [0.3, 0.4) is 0 Å². The summed E-state index contributed by atoms with van der Waals surface area (Å²) in [7, 11) is -3.68. The minimum Gasteiger partial charge on any atom is -0.267 e. The largest absolute Gasteiger partial charge is 0.280 e. The number of piperidine rings is 1. The van der Waals surface area contributed by atoms with Gasteiger partial charge in [-0.15, -0.1) is 0 Å². The van der Waals surface area contributed by atoms with Crippen molar-refractivity contribution in [2.75, 3.05) is 18.1 Å². The number of thiazole rings is 1. The molecule has 0 spiro atoms. The molecule has 11 heteroatoms. The molecule has 1 saturated heterocycles. The molecule has 0 N–H and O–H groups in total. The number of carbonyl (C=O) groups is 1. The van der Waals surface area contributed by atoms with E-state index in [1.54, 1.807) is 0 Å². The number of carbonyl (C=O) groups excluding carboxylic acids is 1. The van der Waals surface area contributed by atoms with E-state index in [2.05, 4.69) is 10.1 Å². The molecular weight excluding hydrogens is 530 g/mol. The Hall–Kier alpha value is -3.54. The van der Waals surface area contributed by atoms with Gasteiger partial charge < -0.3 is 0 Å². The lowest BCUT2D eigenvalue weighted by molar-refractivity contribution is 0.0987. The highest BCUT2D eigenvalue weighted by atomic mass is 32.2. The number of halogens is 2. The van der Waals surface area contributed by atoms with Crippen LogP contribution in [-0.4, -0.2) is 42.9 Å². The molecule has 1 aromatic heterocycles. The number of benzene rings is 3. The quantitative estimate of drug-likeness (QED) is 0.227. The van der Waals surface area contributed by atoms with E-state index < -0.39 is 27.6 Å². The van der Waals surface area contributed by atoms with Crippen molar-refractivity contribution < 1.29 is 22.0 Å². The average molecular weight is 555 g/mol. The van der Waals surface area contributed by atoms with Crippen molar-refractivity contribution >= 4 is 48.8 Å². The van der Waals surface area contributed by atoms with E-state index in [-0.39, 0.29) is 21.5 Å². The molecule has 4 aromatic rings. The number of amides is 1. The van der Waals surface area contributed by atoms with E-state index in [0.717, 1.165) is 29.2 Å². The van der Waals surface area contributed by atoms with Gasteiger partial charge in [0.25, 0.3) is 5.91 Å². The Morgan fingerprint density at radius 2 is 1.79 bits per heavy atom. The number of aromatic nitrogens is 1. The first-order valence-electron chi connectivity index (χ1n) is 12.0. The van der Waals surface area contributed by atoms with E-state index in [9.17, 15) is 22.0 Å². The zero-order valence-electron chi connectivity index (χ0n) is 20.4. The molecule has 7 nitrogen and oxygen atoms in total. The van der Waals surface area contributed by atoms with Crippen LogP contribution in [0.1, 0.15) is 35.7 Å². The van der Waals surface area contributed by atoms with Crippen molar-refractivity contribution in [3.8, 4) is 0 Å². The summed E-state index contributed by atoms with van der Waals surface area (Å²) in [4.78, 5) is 18.1. The Kier molecular flexibility index (Phi) is 7.33. The summed E-state index contributed by atoms with van der Waals surface area (Å²) in [5.74, 6) is -1.11. The molecule has 196 valence electrons. The van der Waals surface area contributed by atoms with Crippen LogP contribution in [0.25, 0.3) is 10.2 Å². The number of fused-ring (bicyclic) bond motifs is 1. The maximum atomic E-state index is 13.7. The molecule has 1 amide bonds. The fourth-order valence-corrected chi connectivity index (χ4v) is 6.79. The van der Waals surface area contributed by atoms with Gasteiger partial charge in [0.1, 0.15) is 11.6 Å². The first-order valence-corrected chi connectivity index (χ1v) is 14.3. The maximum Gasteiger partial charge on any atom is 0.280 e. The highest BCUT2D eigenvalue weighted by Crippen LogP contribution is 2.31. The number of rotatable bonds is 6. The summed E-state index contributed by atoms with van der Waals surface area (Å²) >= 11 is 1.08. The van der Waals surface area contributed by atoms with E-state index in [4.69, 9.17) is 0 Å². The molecule has 0 aliphatic carbocycles. The monoisotopic (exact) mass is 554 g/mol. The SMILES string of the molecule is CC1CCCN(S(=O)(=O)c2ccc(C(=O)N(/N=C/c3ccc(F)cc3)c3nc4ccc(F)cc4s3)cc2)C1. The zero-order chi connectivity index (χ0) is 26.9. The van der Waals surface area contributed by atoms with Gasteiger partial charge in [-0.05, 0) is 78.9 Å². The molecule has 0 radical (unpaired) electrons. The van der Waals surface area contributed by atoms with Crippen molar-refractivity contribution in [1.29, 1.82) is 0 Å². The molecule has 38 heavy (non-hydrogen) atoms. The Balaban J connectivity index is 1.47. The number of sulfonamides is 1. The summed E-state index contributed by atoms with van der Waals surface area (Å²) in [6.45, 7) is 2.96. The Morgan fingerprint density at radius 1 is 1.08 bits per heavy atom. The molecule has 1 atom stereocenters. The van der Waals surface area contributed by atoms with Gasteiger partial charge in [0, 0.05) is 18.7 Å². The molecule has 1 aliphatic rings. The minimum absolute atomic E-state index is 0.111. The Labute approximate surface area is 223 Å². The summed E-state index contributed by atoms with van der Waals surface area (Å²) in [6.07, 6.45) is 3.19. The van der Waals surface area contributed by atoms with Gasteiger partial charge in [-0.1, -0.05) is 30.4 Å². The molecule has 1 aliphatic heterocycles. The molecule has 2 heterocycles. The standard InChI is InChI=1S/C27H24F2N4O3S2/c1-18-3-2-14-32(17-18)38(35,36)23-11-6-20(7-12-23)26(34)33(30-16-19-4-8-21(28)9-5-19)27-31-24-13-10-22(29)15-25(24)37-27/h4-13,15-16,18H,2-3,14,17H2,1H3/b30-16+. The molecule has 0 saturated carbocycles. The predicted octanol–water partition coefficient (Wildman–Crippen LogP) is 5.68. The van der Waals surface area contributed by atoms with E-state index >= 15 is 0 Å². The van der Waals surface area contributed by atoms with Crippen LogP contribution in [-0.2, 0) is 10.0 Å². The van der Waals surface area contributed by atoms with E-state index in [0.29, 0.717) is 28.9 Å². The van der Waals surface area contributed by atoms with Gasteiger partial charge in [0.2, 0.25) is 15.2 Å². The third-order valence-corrected chi connectivity index (χ3v) is 9.14. The molecule has 1 fully saturated rings. The highest BCUT2D eigenvalue weighted by Gasteiger charge is 2.29. The molecule has 1 unspecified atom stereocenters. The third-order valence-electron chi connectivity index (χ3n) is 6.26. The fraction of sp³-hybridized carbons (Fsp3) is 0.222. The maximum absolute atomic E-state index is 13.7. The second kappa shape index (κ2) is 10.7. The van der Waals surface area contributed by atoms with Crippen LogP contribution in [0.5, 0.6) is 0 Å². The van der Waals surface area contributed by atoms with Crippen molar-refractivity contribution in [3.05, 3.63) is 89.5 Å². The number of hydrogen-bond donors (Lipinski definition) is 0. The van der Waals surface area contributed by atoms with Crippen molar-refractivity contribution in [1.82, 2.24) is 9.29 Å². The van der Waals surface area contributed by atoms with Crippen molar-refractivity contribution in [2.45, 2.75) is 24.7 Å². The number of anilines is 1. The summed E-state index contributed by atoms with van der Waals surface area (Å²) in [5.41, 5.74) is 1.24. The van der Waals surface area contributed by atoms with Crippen LogP contribution in [0.4, 0.5) is 13.9 Å². The first-order chi connectivity index (χ1) is 18.2. The van der Waals surface area contributed by atoms with Crippen LogP contribution in [0.2, 0.25) is 0 Å². The Morgan fingerprint density at radius 3 is 2.50 bits per heavy atom. The van der Waals surface area contributed by atoms with Crippen LogP contribution in [0, 0.1) is 17.6 Å². The van der Waals surface area contributed by atoms with Gasteiger partial charge in [-0.25, -0.2) is 22.2 Å². The van der Waals surface area contributed by atoms with Crippen molar-refractivity contribution in [2.24, 2.45) is 11.0 Å². The van der Waals surface area contributed by atoms with Gasteiger partial charge in [-0.2, -0.15) is 14.4 Å².